The van der Waals surface area contributed by atoms with Gasteiger partial charge in [-0.3, -0.25) is 4.79 Å². The van der Waals surface area contributed by atoms with Gasteiger partial charge < -0.3 is 25.6 Å². The van der Waals surface area contributed by atoms with Crippen molar-refractivity contribution >= 4 is 11.9 Å². The zero-order chi connectivity index (χ0) is 12.3. The lowest BCUT2D eigenvalue weighted by Gasteiger charge is -2.24. The summed E-state index contributed by atoms with van der Waals surface area (Å²) in [7, 11) is 1.40. The van der Waals surface area contributed by atoms with Crippen molar-refractivity contribution in [2.45, 2.75) is 24.6 Å². The molecule has 0 saturated carbocycles. The Morgan fingerprint density at radius 2 is 2.25 bits per heavy atom. The monoisotopic (exact) mass is 232 g/mol. The summed E-state index contributed by atoms with van der Waals surface area (Å²) in [4.78, 5) is 23.7. The Morgan fingerprint density at radius 1 is 1.62 bits per heavy atom. The normalized spacial score (nSPS) is 26.8. The molecule has 0 aromatic rings. The number of ether oxygens (including phenoxy) is 1. The molecule has 0 bridgehead atoms. The smallest absolute Gasteiger partial charge is 0.326 e. The lowest BCUT2D eigenvalue weighted by molar-refractivity contribution is -0.149. The van der Waals surface area contributed by atoms with Crippen LogP contribution in [0.5, 0.6) is 0 Å². The van der Waals surface area contributed by atoms with E-state index in [4.69, 9.17) is 15.6 Å². The molecule has 0 radical (unpaired) electrons. The van der Waals surface area contributed by atoms with Crippen LogP contribution in [-0.4, -0.2) is 65.4 Å². The van der Waals surface area contributed by atoms with E-state index in [0.717, 1.165) is 4.90 Å². The van der Waals surface area contributed by atoms with Crippen LogP contribution >= 0.6 is 0 Å². The number of carbonyl (C=O) groups excluding carboxylic acids is 1. The minimum Gasteiger partial charge on any atom is -0.480 e. The second kappa shape index (κ2) is 5.24. The molecule has 1 aliphatic heterocycles. The first-order valence-corrected chi connectivity index (χ1v) is 4.93. The molecule has 1 unspecified atom stereocenters. The van der Waals surface area contributed by atoms with Crippen molar-refractivity contribution in [2.24, 2.45) is 5.73 Å². The van der Waals surface area contributed by atoms with Gasteiger partial charge in [0.25, 0.3) is 0 Å². The molecule has 7 nitrogen and oxygen atoms in total. The van der Waals surface area contributed by atoms with Crippen molar-refractivity contribution in [1.82, 2.24) is 4.90 Å². The summed E-state index contributed by atoms with van der Waals surface area (Å²) in [6, 6.07) is -1.89. The van der Waals surface area contributed by atoms with Crippen molar-refractivity contribution < 1.29 is 24.5 Å². The molecule has 1 aliphatic rings. The Balaban J connectivity index is 2.70. The molecular formula is C9H16N2O5. The molecule has 4 N–H and O–H groups in total. The van der Waals surface area contributed by atoms with E-state index >= 15 is 0 Å². The number of β-amino-alcohol motifs (C(OH)–C–C–N with tert-alkyl or cyclic N) is 1. The molecule has 3 atom stereocenters. The second-order valence-corrected chi connectivity index (χ2v) is 3.80. The molecule has 1 amide bonds. The van der Waals surface area contributed by atoms with Crippen LogP contribution in [0.25, 0.3) is 0 Å². The summed E-state index contributed by atoms with van der Waals surface area (Å²) < 4.78 is 4.72. The Morgan fingerprint density at radius 3 is 2.75 bits per heavy atom. The van der Waals surface area contributed by atoms with Crippen LogP contribution in [0.2, 0.25) is 0 Å². The van der Waals surface area contributed by atoms with E-state index in [0.29, 0.717) is 0 Å². The fraction of sp³-hybridized carbons (Fsp3) is 0.778. The predicted octanol–water partition coefficient (Wildman–Crippen LogP) is -1.99. The van der Waals surface area contributed by atoms with Crippen LogP contribution in [0, 0.1) is 0 Å². The van der Waals surface area contributed by atoms with Crippen molar-refractivity contribution in [3.8, 4) is 0 Å². The van der Waals surface area contributed by atoms with Crippen LogP contribution in [0.4, 0.5) is 0 Å². The molecular weight excluding hydrogens is 216 g/mol. The van der Waals surface area contributed by atoms with E-state index < -0.39 is 30.1 Å². The number of carboxylic acid groups (broad SMARTS) is 1. The van der Waals surface area contributed by atoms with E-state index in [2.05, 4.69) is 0 Å². The number of carboxylic acids is 1. The number of nitrogens with two attached hydrogens (primary N) is 1. The average Bonchev–Trinajstić information content (AvgIpc) is 2.59. The minimum absolute atomic E-state index is 0.00716. The van der Waals surface area contributed by atoms with Crippen LogP contribution in [-0.2, 0) is 14.3 Å². The quantitative estimate of drug-likeness (QED) is 0.517. The largest absolute Gasteiger partial charge is 0.480 e. The number of rotatable bonds is 4. The van der Waals surface area contributed by atoms with Crippen LogP contribution in [0.3, 0.4) is 0 Å². The summed E-state index contributed by atoms with van der Waals surface area (Å²) in [5.74, 6) is -1.64. The highest BCUT2D eigenvalue weighted by molar-refractivity contribution is 5.87. The van der Waals surface area contributed by atoms with Crippen LogP contribution in [0.1, 0.15) is 6.42 Å². The first kappa shape index (κ1) is 12.9. The summed E-state index contributed by atoms with van der Waals surface area (Å²) in [6.07, 6.45) is -0.763. The molecule has 0 aliphatic carbocycles. The van der Waals surface area contributed by atoms with E-state index in [1.807, 2.05) is 0 Å². The summed E-state index contributed by atoms with van der Waals surface area (Å²) >= 11 is 0. The maximum atomic E-state index is 11.7. The number of likely N-dealkylation sites (tertiary alicyclic amines) is 1. The van der Waals surface area contributed by atoms with E-state index in [9.17, 15) is 14.7 Å². The topological polar surface area (TPSA) is 113 Å². The Labute approximate surface area is 92.8 Å². The van der Waals surface area contributed by atoms with Gasteiger partial charge in [0.2, 0.25) is 5.91 Å². The Kier molecular flexibility index (Phi) is 4.22. The fourth-order valence-electron chi connectivity index (χ4n) is 1.76. The Hall–Kier alpha value is -1.18. The second-order valence-electron chi connectivity index (χ2n) is 3.80. The third-order valence-electron chi connectivity index (χ3n) is 2.51. The molecule has 0 aromatic heterocycles. The molecule has 16 heavy (non-hydrogen) atoms. The van der Waals surface area contributed by atoms with Gasteiger partial charge in [0.1, 0.15) is 12.1 Å². The minimum atomic E-state index is -1.13. The predicted molar refractivity (Wildman–Crippen MR) is 53.6 cm³/mol. The molecule has 7 heteroatoms. The van der Waals surface area contributed by atoms with Gasteiger partial charge in [-0.05, 0) is 0 Å². The number of aliphatic carboxylic acids is 1. The summed E-state index contributed by atoms with van der Waals surface area (Å²) in [5, 5.41) is 18.2. The van der Waals surface area contributed by atoms with Gasteiger partial charge in [-0.25, -0.2) is 4.79 Å². The zero-order valence-corrected chi connectivity index (χ0v) is 9.00. The third kappa shape index (κ3) is 2.69. The number of methoxy groups -OCH3 is 1. The van der Waals surface area contributed by atoms with Crippen LogP contribution in [0.15, 0.2) is 0 Å². The number of hydrogen-bond acceptors (Lipinski definition) is 5. The number of amides is 1. The van der Waals surface area contributed by atoms with Crippen molar-refractivity contribution in [3.05, 3.63) is 0 Å². The lowest BCUT2D eigenvalue weighted by Crippen LogP contribution is -2.50. The van der Waals surface area contributed by atoms with E-state index in [1.165, 1.54) is 7.11 Å². The highest BCUT2D eigenvalue weighted by Crippen LogP contribution is 2.18. The van der Waals surface area contributed by atoms with E-state index in [-0.39, 0.29) is 19.6 Å². The van der Waals surface area contributed by atoms with Gasteiger partial charge in [-0.15, -0.1) is 0 Å². The average molecular weight is 232 g/mol. The highest BCUT2D eigenvalue weighted by atomic mass is 16.5. The van der Waals surface area contributed by atoms with Crippen molar-refractivity contribution in [3.63, 3.8) is 0 Å². The maximum absolute atomic E-state index is 11.7. The molecule has 92 valence electrons. The van der Waals surface area contributed by atoms with Gasteiger partial charge in [0, 0.05) is 20.1 Å². The standard InChI is InChI=1S/C9H16N2O5/c1-16-4-6(10)8(13)11-3-5(12)2-7(11)9(14)15/h5-7,12H,2-4,10H2,1H3,(H,14,15)/t5-,6?,7+/m1/s1. The van der Waals surface area contributed by atoms with Crippen molar-refractivity contribution in [1.29, 1.82) is 0 Å². The summed E-state index contributed by atoms with van der Waals surface area (Å²) in [5.41, 5.74) is 5.52. The molecule has 1 fully saturated rings. The number of aliphatic hydroxyl groups excluding tert-OH is 1. The molecule has 1 heterocycles. The van der Waals surface area contributed by atoms with E-state index in [1.54, 1.807) is 0 Å². The molecule has 0 aromatic carbocycles. The molecule has 1 saturated heterocycles. The first-order chi connectivity index (χ1) is 7.47. The number of aliphatic hydroxyl groups is 1. The van der Waals surface area contributed by atoms with Gasteiger partial charge >= 0.3 is 5.97 Å². The van der Waals surface area contributed by atoms with Gasteiger partial charge in [-0.2, -0.15) is 0 Å². The number of carbonyl (C=O) groups is 2. The van der Waals surface area contributed by atoms with Gasteiger partial charge in [0.05, 0.1) is 12.7 Å². The first-order valence-electron chi connectivity index (χ1n) is 4.93. The van der Waals surface area contributed by atoms with Gasteiger partial charge in [-0.1, -0.05) is 0 Å². The Bertz CT molecular complexity index is 283. The fourth-order valence-corrected chi connectivity index (χ4v) is 1.76. The van der Waals surface area contributed by atoms with Crippen molar-refractivity contribution in [2.75, 3.05) is 20.3 Å². The molecule has 1 rings (SSSR count). The molecule has 0 spiro atoms. The number of nitrogens with zero attached hydrogens (tertiary/aromatic N) is 1. The third-order valence-corrected chi connectivity index (χ3v) is 2.51. The zero-order valence-electron chi connectivity index (χ0n) is 9.00. The highest BCUT2D eigenvalue weighted by Gasteiger charge is 2.40. The van der Waals surface area contributed by atoms with Gasteiger partial charge in [0.15, 0.2) is 0 Å². The number of hydrogen-bond donors (Lipinski definition) is 3. The summed E-state index contributed by atoms with van der Waals surface area (Å²) in [6.45, 7) is 0.0327. The SMILES string of the molecule is COCC(N)C(=O)N1C[C@H](O)C[C@H]1C(=O)O. The maximum Gasteiger partial charge on any atom is 0.326 e. The lowest BCUT2D eigenvalue weighted by atomic mass is 10.2. The van der Waals surface area contributed by atoms with Crippen LogP contribution < -0.4 is 5.73 Å².